The first kappa shape index (κ1) is 21.3. The average molecular weight is 471 g/mol. The maximum Gasteiger partial charge on any atom is 0.349 e. The van der Waals surface area contributed by atoms with E-state index in [9.17, 15) is 18.0 Å². The topological polar surface area (TPSA) is 102 Å². The summed E-state index contributed by atoms with van der Waals surface area (Å²) >= 11 is 2.32. The number of aryl methyl sites for hydroxylation is 1. The maximum atomic E-state index is 13.3. The van der Waals surface area contributed by atoms with Crippen molar-refractivity contribution in [3.63, 3.8) is 0 Å². The van der Waals surface area contributed by atoms with E-state index >= 15 is 0 Å². The second-order valence-electron chi connectivity index (χ2n) is 7.03. The summed E-state index contributed by atoms with van der Waals surface area (Å²) < 4.78 is 38.9. The molecule has 0 aromatic carbocycles. The molecule has 1 amide bonds. The monoisotopic (exact) mass is 470 g/mol. The van der Waals surface area contributed by atoms with Crippen LogP contribution in [0.1, 0.15) is 43.3 Å². The first-order chi connectivity index (χ1) is 14.4. The van der Waals surface area contributed by atoms with E-state index in [1.54, 1.807) is 4.90 Å². The lowest BCUT2D eigenvalue weighted by Crippen LogP contribution is -2.41. The number of methoxy groups -OCH3 is 1. The number of morpholine rings is 1. The van der Waals surface area contributed by atoms with Crippen molar-refractivity contribution < 1.29 is 27.5 Å². The van der Waals surface area contributed by atoms with Gasteiger partial charge in [0.2, 0.25) is 0 Å². The van der Waals surface area contributed by atoms with Crippen molar-refractivity contribution in [3.8, 4) is 0 Å². The average Bonchev–Trinajstić information content (AvgIpc) is 3.38. The van der Waals surface area contributed by atoms with Crippen LogP contribution in [0.25, 0.3) is 0 Å². The molecule has 1 aliphatic heterocycles. The molecule has 2 aromatic heterocycles. The van der Waals surface area contributed by atoms with E-state index in [2.05, 4.69) is 4.72 Å². The third-order valence-electron chi connectivity index (χ3n) is 5.20. The van der Waals surface area contributed by atoms with Gasteiger partial charge in [-0.05, 0) is 42.7 Å². The molecule has 0 bridgehead atoms. The van der Waals surface area contributed by atoms with Crippen molar-refractivity contribution in [3.05, 3.63) is 32.3 Å². The van der Waals surface area contributed by atoms with Gasteiger partial charge in [0.05, 0.1) is 25.9 Å². The largest absolute Gasteiger partial charge is 0.465 e. The van der Waals surface area contributed by atoms with Gasteiger partial charge in [0.15, 0.2) is 0 Å². The summed E-state index contributed by atoms with van der Waals surface area (Å²) in [4.78, 5) is 27.9. The minimum atomic E-state index is -4.07. The Morgan fingerprint density at radius 3 is 2.67 bits per heavy atom. The fraction of sp³-hybridized carbons (Fsp3) is 0.474. The Balaban J connectivity index is 1.72. The third-order valence-corrected chi connectivity index (χ3v) is 8.95. The molecule has 4 rings (SSSR count). The Labute approximate surface area is 182 Å². The summed E-state index contributed by atoms with van der Waals surface area (Å²) in [6.07, 6.45) is 3.57. The van der Waals surface area contributed by atoms with Crippen molar-refractivity contribution in [1.29, 1.82) is 0 Å². The zero-order chi connectivity index (χ0) is 21.3. The molecule has 0 unspecified atom stereocenters. The van der Waals surface area contributed by atoms with Gasteiger partial charge in [0.1, 0.15) is 14.8 Å². The van der Waals surface area contributed by atoms with Crippen molar-refractivity contribution in [1.82, 2.24) is 4.90 Å². The molecule has 0 radical (unpaired) electrons. The third kappa shape index (κ3) is 3.98. The summed E-state index contributed by atoms with van der Waals surface area (Å²) in [6.45, 7) is 1.90. The lowest BCUT2D eigenvalue weighted by atomic mass is 9.95. The van der Waals surface area contributed by atoms with Crippen LogP contribution in [-0.4, -0.2) is 58.6 Å². The Hall–Kier alpha value is -1.95. The quantitative estimate of drug-likeness (QED) is 0.674. The summed E-state index contributed by atoms with van der Waals surface area (Å²) in [6, 6.07) is 1.37. The van der Waals surface area contributed by atoms with E-state index in [-0.39, 0.29) is 15.7 Å². The highest BCUT2D eigenvalue weighted by molar-refractivity contribution is 7.93. The number of esters is 1. The molecule has 0 saturated carbocycles. The summed E-state index contributed by atoms with van der Waals surface area (Å²) in [7, 11) is -2.86. The Kier molecular flexibility index (Phi) is 6.14. The van der Waals surface area contributed by atoms with Crippen molar-refractivity contribution >= 4 is 49.6 Å². The van der Waals surface area contributed by atoms with Gasteiger partial charge in [0, 0.05) is 18.0 Å². The number of ether oxygens (including phenoxy) is 2. The Morgan fingerprint density at radius 2 is 1.93 bits per heavy atom. The molecule has 1 aliphatic carbocycles. The molecule has 1 saturated heterocycles. The van der Waals surface area contributed by atoms with Gasteiger partial charge in [-0.2, -0.15) is 0 Å². The minimum absolute atomic E-state index is 0.00683. The molecule has 0 spiro atoms. The van der Waals surface area contributed by atoms with Crippen LogP contribution in [0.4, 0.5) is 5.00 Å². The smallest absolute Gasteiger partial charge is 0.349 e. The number of sulfonamides is 1. The number of carbonyl (C=O) groups is 2. The molecule has 11 heteroatoms. The molecular weight excluding hydrogens is 448 g/mol. The van der Waals surface area contributed by atoms with Crippen LogP contribution in [0.2, 0.25) is 0 Å². The number of hydrogen-bond acceptors (Lipinski definition) is 8. The minimum Gasteiger partial charge on any atom is -0.465 e. The van der Waals surface area contributed by atoms with Gasteiger partial charge < -0.3 is 14.4 Å². The highest BCUT2D eigenvalue weighted by Gasteiger charge is 2.32. The Morgan fingerprint density at radius 1 is 1.20 bits per heavy atom. The number of nitrogens with zero attached hydrogens (tertiary/aromatic N) is 1. The molecule has 3 heterocycles. The van der Waals surface area contributed by atoms with Gasteiger partial charge in [0.25, 0.3) is 15.9 Å². The maximum absolute atomic E-state index is 13.3. The molecule has 0 atom stereocenters. The highest BCUT2D eigenvalue weighted by Crippen LogP contribution is 2.40. The number of rotatable bonds is 5. The van der Waals surface area contributed by atoms with Gasteiger partial charge in [-0.15, -0.1) is 22.7 Å². The van der Waals surface area contributed by atoms with E-state index in [1.807, 2.05) is 0 Å². The lowest BCUT2D eigenvalue weighted by molar-refractivity contribution is 0.0303. The van der Waals surface area contributed by atoms with Gasteiger partial charge >= 0.3 is 5.97 Å². The van der Waals surface area contributed by atoms with E-state index in [1.165, 1.54) is 29.9 Å². The molecular formula is C19H22N2O6S3. The number of hydrogen-bond donors (Lipinski definition) is 1. The zero-order valence-electron chi connectivity index (χ0n) is 16.4. The van der Waals surface area contributed by atoms with Crippen molar-refractivity contribution in [2.24, 2.45) is 0 Å². The van der Waals surface area contributed by atoms with Crippen molar-refractivity contribution in [2.45, 2.75) is 30.6 Å². The first-order valence-electron chi connectivity index (χ1n) is 9.62. The molecule has 162 valence electrons. The zero-order valence-corrected chi connectivity index (χ0v) is 18.9. The number of anilines is 1. The van der Waals surface area contributed by atoms with Crippen LogP contribution in [0, 0.1) is 0 Å². The summed E-state index contributed by atoms with van der Waals surface area (Å²) in [5, 5.41) is 1.85. The number of fused-ring (bicyclic) bond motifs is 1. The molecule has 2 aliphatic rings. The molecule has 2 aromatic rings. The first-order valence-corrected chi connectivity index (χ1v) is 12.8. The van der Waals surface area contributed by atoms with Gasteiger partial charge in [-0.25, -0.2) is 13.2 Å². The molecule has 30 heavy (non-hydrogen) atoms. The summed E-state index contributed by atoms with van der Waals surface area (Å²) in [5.74, 6) is -0.880. The SMILES string of the molecule is COC(=O)c1sccc1S(=O)(=O)Nc1sc2c(c1C(=O)N1CCOCC1)CCCC2. The van der Waals surface area contributed by atoms with Crippen LogP contribution in [0.15, 0.2) is 16.3 Å². The second kappa shape index (κ2) is 8.66. The fourth-order valence-electron chi connectivity index (χ4n) is 3.72. The van der Waals surface area contributed by atoms with Gasteiger partial charge in [-0.3, -0.25) is 9.52 Å². The van der Waals surface area contributed by atoms with Crippen LogP contribution in [0.3, 0.4) is 0 Å². The predicted molar refractivity (Wildman–Crippen MR) is 114 cm³/mol. The van der Waals surface area contributed by atoms with E-state index < -0.39 is 16.0 Å². The standard InChI is InChI=1S/C19H22N2O6S3/c1-26-19(23)16-14(6-11-28-16)30(24,25)20-17-15(12-4-2-3-5-13(12)29-17)18(22)21-7-9-27-10-8-21/h6,11,20H,2-5,7-10H2,1H3. The highest BCUT2D eigenvalue weighted by atomic mass is 32.2. The molecule has 1 fully saturated rings. The van der Waals surface area contributed by atoms with Gasteiger partial charge in [-0.1, -0.05) is 0 Å². The molecule has 1 N–H and O–H groups in total. The number of nitrogens with one attached hydrogen (secondary N) is 1. The predicted octanol–water partition coefficient (Wildman–Crippen LogP) is 2.75. The number of thiophene rings is 2. The lowest BCUT2D eigenvalue weighted by Gasteiger charge is -2.27. The van der Waals surface area contributed by atoms with Crippen molar-refractivity contribution in [2.75, 3.05) is 38.1 Å². The van der Waals surface area contributed by atoms with Crippen LogP contribution < -0.4 is 4.72 Å². The normalized spacial score (nSPS) is 16.8. The second-order valence-corrected chi connectivity index (χ2v) is 10.7. The Bertz CT molecular complexity index is 1070. The van der Waals surface area contributed by atoms with E-state index in [0.717, 1.165) is 47.5 Å². The van der Waals surface area contributed by atoms with E-state index in [4.69, 9.17) is 9.47 Å². The molecule has 8 nitrogen and oxygen atoms in total. The number of carbonyl (C=O) groups excluding carboxylic acids is 2. The van der Waals surface area contributed by atoms with Crippen LogP contribution >= 0.6 is 22.7 Å². The van der Waals surface area contributed by atoms with E-state index in [0.29, 0.717) is 36.9 Å². The summed E-state index contributed by atoms with van der Waals surface area (Å²) in [5.41, 5.74) is 1.38. The fourth-order valence-corrected chi connectivity index (χ4v) is 7.64. The number of amides is 1. The van der Waals surface area contributed by atoms with Crippen LogP contribution in [0.5, 0.6) is 0 Å². The van der Waals surface area contributed by atoms with Crippen LogP contribution in [-0.2, 0) is 32.3 Å².